The molecule has 0 spiro atoms. The average molecular weight is 346 g/mol. The van der Waals surface area contributed by atoms with Crippen molar-refractivity contribution in [3.8, 4) is 0 Å². The Morgan fingerprint density at radius 3 is 2.62 bits per heavy atom. The molecule has 1 aromatic carbocycles. The van der Waals surface area contributed by atoms with Crippen LogP contribution in [0.1, 0.15) is 53.5 Å². The van der Waals surface area contributed by atoms with Crippen LogP contribution in [-0.4, -0.2) is 21.5 Å². The first-order valence-electron chi connectivity index (χ1n) is 8.39. The van der Waals surface area contributed by atoms with Crippen LogP contribution in [0.3, 0.4) is 0 Å². The Hall–Kier alpha value is -1.68. The van der Waals surface area contributed by atoms with Gasteiger partial charge in [0, 0.05) is 22.4 Å². The van der Waals surface area contributed by atoms with Crippen molar-refractivity contribution in [2.45, 2.75) is 58.8 Å². The summed E-state index contributed by atoms with van der Waals surface area (Å²) < 4.78 is 7.15. The van der Waals surface area contributed by atoms with E-state index in [9.17, 15) is 4.79 Å². The first-order chi connectivity index (χ1) is 11.2. The van der Waals surface area contributed by atoms with Crippen LogP contribution in [-0.2, 0) is 4.74 Å². The summed E-state index contributed by atoms with van der Waals surface area (Å²) in [6, 6.07) is 7.95. The third-order valence-corrected chi connectivity index (χ3v) is 5.07. The van der Waals surface area contributed by atoms with Crippen molar-refractivity contribution in [2.24, 2.45) is 0 Å². The first kappa shape index (κ1) is 18.7. The van der Waals surface area contributed by atoms with Crippen molar-refractivity contribution in [3.05, 3.63) is 41.4 Å². The molecule has 0 aliphatic heterocycles. The Labute approximate surface area is 149 Å². The van der Waals surface area contributed by atoms with E-state index in [0.717, 1.165) is 22.9 Å². The molecule has 0 fully saturated rings. The maximum absolute atomic E-state index is 12.5. The average Bonchev–Trinajstić information content (AvgIpc) is 2.90. The van der Waals surface area contributed by atoms with Crippen molar-refractivity contribution in [1.29, 1.82) is 0 Å². The molecular weight excluding hydrogens is 318 g/mol. The highest BCUT2D eigenvalue weighted by atomic mass is 32.2. The Balaban J connectivity index is 2.44. The fourth-order valence-corrected chi connectivity index (χ4v) is 3.09. The second-order valence-electron chi connectivity index (χ2n) is 7.07. The van der Waals surface area contributed by atoms with Crippen LogP contribution in [0.15, 0.2) is 35.9 Å². The van der Waals surface area contributed by atoms with Gasteiger partial charge in [-0.15, -0.1) is 11.8 Å². The number of carbonyl (C=O) groups excluding carboxylic acids is 1. The number of nitrogens with zero attached hydrogens (tertiary/aromatic N) is 1. The third kappa shape index (κ3) is 4.44. The molecule has 0 saturated carbocycles. The zero-order valence-electron chi connectivity index (χ0n) is 15.4. The summed E-state index contributed by atoms with van der Waals surface area (Å²) in [6.45, 7) is 12.1. The van der Waals surface area contributed by atoms with Gasteiger partial charge in [-0.1, -0.05) is 32.0 Å². The molecule has 0 aliphatic rings. The number of aromatic nitrogens is 1. The summed E-state index contributed by atoms with van der Waals surface area (Å²) in [4.78, 5) is 12.5. The fourth-order valence-electron chi connectivity index (χ4n) is 2.33. The standard InChI is InChI=1S/C20H27NO2S/c1-7-15(3)24-13-14(2)17-12-21(19(22)23-20(4,5)6)18-11-9-8-10-16(17)18/h8-13,15H,7H2,1-6H3/b14-13+. The third-order valence-electron chi connectivity index (χ3n) is 3.78. The largest absolute Gasteiger partial charge is 0.443 e. The predicted molar refractivity (Wildman–Crippen MR) is 105 cm³/mol. The number of fused-ring (bicyclic) bond motifs is 1. The molecule has 3 nitrogen and oxygen atoms in total. The van der Waals surface area contributed by atoms with Crippen LogP contribution in [0.2, 0.25) is 0 Å². The van der Waals surface area contributed by atoms with Crippen LogP contribution in [0, 0.1) is 0 Å². The van der Waals surface area contributed by atoms with Crippen LogP contribution in [0.5, 0.6) is 0 Å². The molecule has 1 aromatic heterocycles. The van der Waals surface area contributed by atoms with E-state index in [-0.39, 0.29) is 6.09 Å². The minimum atomic E-state index is -0.514. The van der Waals surface area contributed by atoms with Crippen molar-refractivity contribution in [3.63, 3.8) is 0 Å². The van der Waals surface area contributed by atoms with Crippen molar-refractivity contribution in [2.75, 3.05) is 0 Å². The normalized spacial score (nSPS) is 14.0. The molecule has 2 rings (SSSR count). The summed E-state index contributed by atoms with van der Waals surface area (Å²) in [5.74, 6) is 0. The maximum Gasteiger partial charge on any atom is 0.419 e. The number of allylic oxidation sites excluding steroid dienone is 1. The number of carbonyl (C=O) groups is 1. The Morgan fingerprint density at radius 2 is 2.00 bits per heavy atom. The molecule has 0 radical (unpaired) electrons. The zero-order valence-corrected chi connectivity index (χ0v) is 16.2. The van der Waals surface area contributed by atoms with E-state index < -0.39 is 5.60 Å². The number of hydrogen-bond acceptors (Lipinski definition) is 3. The van der Waals surface area contributed by atoms with Crippen molar-refractivity contribution < 1.29 is 9.53 Å². The second kappa shape index (κ2) is 7.47. The summed E-state index contributed by atoms with van der Waals surface area (Å²) in [7, 11) is 0. The van der Waals surface area contributed by atoms with E-state index >= 15 is 0 Å². The van der Waals surface area contributed by atoms with E-state index in [2.05, 4.69) is 32.2 Å². The molecule has 0 aliphatic carbocycles. The molecule has 0 saturated heterocycles. The van der Waals surface area contributed by atoms with Gasteiger partial charge in [0.15, 0.2) is 0 Å². The number of para-hydroxylation sites is 1. The number of benzene rings is 1. The van der Waals surface area contributed by atoms with E-state index in [1.54, 1.807) is 4.57 Å². The monoisotopic (exact) mass is 345 g/mol. The van der Waals surface area contributed by atoms with Crippen molar-refractivity contribution >= 4 is 34.3 Å². The molecule has 2 aromatic rings. The van der Waals surface area contributed by atoms with E-state index in [0.29, 0.717) is 5.25 Å². The lowest BCUT2D eigenvalue weighted by Gasteiger charge is -2.19. The minimum Gasteiger partial charge on any atom is -0.443 e. The fraction of sp³-hybridized carbons (Fsp3) is 0.450. The van der Waals surface area contributed by atoms with E-state index in [1.165, 1.54) is 5.57 Å². The number of hydrogen-bond donors (Lipinski definition) is 0. The van der Waals surface area contributed by atoms with E-state index in [4.69, 9.17) is 4.74 Å². The maximum atomic E-state index is 12.5. The van der Waals surface area contributed by atoms with Crippen LogP contribution < -0.4 is 0 Å². The van der Waals surface area contributed by atoms with E-state index in [1.807, 2.05) is 56.9 Å². The molecule has 1 unspecified atom stereocenters. The molecule has 130 valence electrons. The molecule has 4 heteroatoms. The lowest BCUT2D eigenvalue weighted by Crippen LogP contribution is -2.26. The number of rotatable bonds is 4. The van der Waals surface area contributed by atoms with Gasteiger partial charge in [0.25, 0.3) is 0 Å². The zero-order chi connectivity index (χ0) is 17.9. The molecule has 1 atom stereocenters. The molecule has 1 heterocycles. The molecule has 0 N–H and O–H groups in total. The Bertz CT molecular complexity index is 753. The lowest BCUT2D eigenvalue weighted by molar-refractivity contribution is 0.0544. The van der Waals surface area contributed by atoms with Crippen LogP contribution in [0.25, 0.3) is 16.5 Å². The van der Waals surface area contributed by atoms with Gasteiger partial charge in [0.1, 0.15) is 5.60 Å². The van der Waals surface area contributed by atoms with Crippen LogP contribution in [0.4, 0.5) is 4.79 Å². The van der Waals surface area contributed by atoms with Gasteiger partial charge >= 0.3 is 6.09 Å². The molecule has 0 bridgehead atoms. The first-order valence-corrected chi connectivity index (χ1v) is 9.33. The van der Waals surface area contributed by atoms with Crippen LogP contribution >= 0.6 is 11.8 Å². The predicted octanol–water partition coefficient (Wildman–Crippen LogP) is 6.32. The highest BCUT2D eigenvalue weighted by molar-refractivity contribution is 8.02. The van der Waals surface area contributed by atoms with Crippen molar-refractivity contribution in [1.82, 2.24) is 4.57 Å². The summed E-state index contributed by atoms with van der Waals surface area (Å²) in [5, 5.41) is 3.84. The van der Waals surface area contributed by atoms with Gasteiger partial charge < -0.3 is 4.74 Å². The van der Waals surface area contributed by atoms with Gasteiger partial charge in [-0.05, 0) is 51.2 Å². The summed E-state index contributed by atoms with van der Waals surface area (Å²) in [5.41, 5.74) is 2.61. The number of ether oxygens (including phenoxy) is 1. The molecule has 0 amide bonds. The SMILES string of the molecule is CCC(C)S/C=C(\C)c1cn(C(=O)OC(C)(C)C)c2ccccc12. The Kier molecular flexibility index (Phi) is 5.81. The highest BCUT2D eigenvalue weighted by Gasteiger charge is 2.21. The van der Waals surface area contributed by atoms with Gasteiger partial charge in [-0.3, -0.25) is 4.57 Å². The van der Waals surface area contributed by atoms with Gasteiger partial charge in [-0.2, -0.15) is 0 Å². The lowest BCUT2D eigenvalue weighted by atomic mass is 10.1. The highest BCUT2D eigenvalue weighted by Crippen LogP contribution is 2.30. The second-order valence-corrected chi connectivity index (χ2v) is 8.38. The summed E-state index contributed by atoms with van der Waals surface area (Å²) >= 11 is 1.83. The number of thioether (sulfide) groups is 1. The quantitative estimate of drug-likeness (QED) is 0.650. The topological polar surface area (TPSA) is 31.2 Å². The van der Waals surface area contributed by atoms with Gasteiger partial charge in [0.2, 0.25) is 0 Å². The summed E-state index contributed by atoms with van der Waals surface area (Å²) in [6.07, 6.45) is 2.68. The Morgan fingerprint density at radius 1 is 1.33 bits per heavy atom. The smallest absolute Gasteiger partial charge is 0.419 e. The molecule has 24 heavy (non-hydrogen) atoms. The van der Waals surface area contributed by atoms with Gasteiger partial charge in [-0.25, -0.2) is 4.79 Å². The van der Waals surface area contributed by atoms with Gasteiger partial charge in [0.05, 0.1) is 5.52 Å². The minimum absolute atomic E-state index is 0.340. The molecular formula is C20H27NO2S.